The zero-order valence-corrected chi connectivity index (χ0v) is 20.5. The summed E-state index contributed by atoms with van der Waals surface area (Å²) in [6, 6.07) is 14.2. The Balaban J connectivity index is 1.55. The van der Waals surface area contributed by atoms with Crippen molar-refractivity contribution in [2.24, 2.45) is 0 Å². The van der Waals surface area contributed by atoms with E-state index in [1.807, 2.05) is 41.8 Å². The van der Waals surface area contributed by atoms with Gasteiger partial charge in [0.15, 0.2) is 5.13 Å². The Kier molecular flexibility index (Phi) is 7.71. The van der Waals surface area contributed by atoms with Crippen molar-refractivity contribution in [3.63, 3.8) is 0 Å². The highest BCUT2D eigenvalue weighted by Gasteiger charge is 2.26. The largest absolute Gasteiger partial charge is 0.494 e. The van der Waals surface area contributed by atoms with Crippen molar-refractivity contribution in [1.82, 2.24) is 4.98 Å². The number of rotatable bonds is 9. The van der Waals surface area contributed by atoms with Crippen molar-refractivity contribution >= 4 is 44.4 Å². The number of carbonyl (C=O) groups excluding carboxylic acids is 1. The molecule has 1 aromatic heterocycles. The first-order valence-electron chi connectivity index (χ1n) is 11.2. The van der Waals surface area contributed by atoms with Crippen LogP contribution < -0.4 is 9.64 Å². The van der Waals surface area contributed by atoms with Crippen LogP contribution in [0.2, 0.25) is 0 Å². The number of anilines is 1. The van der Waals surface area contributed by atoms with Gasteiger partial charge in [0.1, 0.15) is 5.75 Å². The summed E-state index contributed by atoms with van der Waals surface area (Å²) in [7, 11) is 0. The maximum Gasteiger partial charge on any atom is 0.233 e. The van der Waals surface area contributed by atoms with E-state index in [2.05, 4.69) is 38.1 Å². The predicted octanol–water partition coefficient (Wildman–Crippen LogP) is 5.95. The molecule has 1 unspecified atom stereocenters. The Morgan fingerprint density at radius 3 is 2.78 bits per heavy atom. The van der Waals surface area contributed by atoms with Gasteiger partial charge in [0.2, 0.25) is 5.91 Å². The van der Waals surface area contributed by atoms with E-state index in [1.165, 1.54) is 16.2 Å². The lowest BCUT2D eigenvalue weighted by molar-refractivity contribution is -0.118. The van der Waals surface area contributed by atoms with Gasteiger partial charge in [-0.1, -0.05) is 37.3 Å². The van der Waals surface area contributed by atoms with Crippen LogP contribution in [0.3, 0.4) is 0 Å². The van der Waals surface area contributed by atoms with E-state index in [0.717, 1.165) is 46.1 Å². The van der Waals surface area contributed by atoms with E-state index in [-0.39, 0.29) is 12.0 Å². The van der Waals surface area contributed by atoms with Crippen LogP contribution in [0.25, 0.3) is 10.2 Å². The molecule has 32 heavy (non-hydrogen) atoms. The maximum atomic E-state index is 13.4. The number of benzene rings is 2. The highest BCUT2D eigenvalue weighted by Crippen LogP contribution is 2.33. The van der Waals surface area contributed by atoms with Gasteiger partial charge in [0.05, 0.1) is 35.9 Å². The van der Waals surface area contributed by atoms with Crippen molar-refractivity contribution < 1.29 is 14.3 Å². The minimum atomic E-state index is 0.0499. The average Bonchev–Trinajstić information content (AvgIpc) is 3.42. The standard InChI is InChI=1S/C25H30N2O3S2/c1-4-29-19-9-12-22-23(15-19)32-25(26-22)27(16-20-6-5-13-30-20)24(28)14-18-7-10-21(11-8-18)31-17(2)3/h7-12,15,17,20H,4-6,13-14,16H2,1-3H3. The van der Waals surface area contributed by atoms with E-state index >= 15 is 0 Å². The number of aromatic nitrogens is 1. The number of ether oxygens (including phenoxy) is 2. The third-order valence-corrected chi connectivity index (χ3v) is 7.31. The normalized spacial score (nSPS) is 16.1. The van der Waals surface area contributed by atoms with Gasteiger partial charge in [-0.15, -0.1) is 11.8 Å². The van der Waals surface area contributed by atoms with E-state index in [9.17, 15) is 4.79 Å². The molecule has 4 rings (SSSR count). The molecular formula is C25H30N2O3S2. The Morgan fingerprint density at radius 2 is 2.09 bits per heavy atom. The van der Waals surface area contributed by atoms with Gasteiger partial charge in [-0.2, -0.15) is 0 Å². The molecule has 0 bridgehead atoms. The number of nitrogens with zero attached hydrogens (tertiary/aromatic N) is 2. The Labute approximate surface area is 198 Å². The second-order valence-electron chi connectivity index (χ2n) is 8.19. The zero-order valence-electron chi connectivity index (χ0n) is 18.9. The van der Waals surface area contributed by atoms with E-state index in [1.54, 1.807) is 0 Å². The van der Waals surface area contributed by atoms with Crippen LogP contribution in [0.15, 0.2) is 47.4 Å². The molecule has 1 fully saturated rings. The molecule has 0 aliphatic carbocycles. The third kappa shape index (κ3) is 5.82. The number of hydrogen-bond acceptors (Lipinski definition) is 6. The van der Waals surface area contributed by atoms with Gasteiger partial charge < -0.3 is 9.47 Å². The summed E-state index contributed by atoms with van der Waals surface area (Å²) in [6.07, 6.45) is 2.43. The topological polar surface area (TPSA) is 51.7 Å². The molecule has 1 saturated heterocycles. The van der Waals surface area contributed by atoms with Gasteiger partial charge in [-0.3, -0.25) is 9.69 Å². The van der Waals surface area contributed by atoms with Crippen LogP contribution in [-0.4, -0.2) is 42.0 Å². The Bertz CT molecular complexity index is 1040. The lowest BCUT2D eigenvalue weighted by Gasteiger charge is -2.23. The quantitative estimate of drug-likeness (QED) is 0.362. The van der Waals surface area contributed by atoms with Crippen LogP contribution in [0, 0.1) is 0 Å². The molecule has 7 heteroatoms. The molecule has 0 N–H and O–H groups in total. The van der Waals surface area contributed by atoms with Crippen molar-refractivity contribution in [3.05, 3.63) is 48.0 Å². The number of thiazole rings is 1. The molecule has 1 aliphatic rings. The minimum Gasteiger partial charge on any atom is -0.494 e. The van der Waals surface area contributed by atoms with E-state index < -0.39 is 0 Å². The first-order valence-corrected chi connectivity index (χ1v) is 12.9. The minimum absolute atomic E-state index is 0.0499. The van der Waals surface area contributed by atoms with E-state index in [4.69, 9.17) is 14.5 Å². The fraction of sp³-hybridized carbons (Fsp3) is 0.440. The molecule has 2 heterocycles. The first kappa shape index (κ1) is 23.1. The fourth-order valence-corrected chi connectivity index (χ4v) is 5.63. The highest BCUT2D eigenvalue weighted by atomic mass is 32.2. The second kappa shape index (κ2) is 10.7. The van der Waals surface area contributed by atoms with Gasteiger partial charge in [-0.05, 0) is 55.7 Å². The molecule has 170 valence electrons. The number of thioether (sulfide) groups is 1. The van der Waals surface area contributed by atoms with Gasteiger partial charge in [0, 0.05) is 16.8 Å². The molecule has 2 aromatic carbocycles. The molecule has 3 aromatic rings. The van der Waals surface area contributed by atoms with Crippen LogP contribution in [0.5, 0.6) is 5.75 Å². The summed E-state index contributed by atoms with van der Waals surface area (Å²) in [6.45, 7) is 8.26. The Hall–Kier alpha value is -2.09. The Morgan fingerprint density at radius 1 is 1.28 bits per heavy atom. The predicted molar refractivity (Wildman–Crippen MR) is 133 cm³/mol. The number of hydrogen-bond donors (Lipinski definition) is 0. The summed E-state index contributed by atoms with van der Waals surface area (Å²) in [5.41, 5.74) is 1.90. The molecule has 1 aliphatic heterocycles. The summed E-state index contributed by atoms with van der Waals surface area (Å²) in [5.74, 6) is 0.875. The summed E-state index contributed by atoms with van der Waals surface area (Å²) >= 11 is 3.36. The molecule has 5 nitrogen and oxygen atoms in total. The lowest BCUT2D eigenvalue weighted by Crippen LogP contribution is -2.38. The zero-order chi connectivity index (χ0) is 22.5. The first-order chi connectivity index (χ1) is 15.5. The van der Waals surface area contributed by atoms with Crippen molar-refractivity contribution in [3.8, 4) is 5.75 Å². The van der Waals surface area contributed by atoms with Crippen molar-refractivity contribution in [2.45, 2.75) is 56.3 Å². The van der Waals surface area contributed by atoms with Crippen molar-refractivity contribution in [1.29, 1.82) is 0 Å². The molecule has 1 amide bonds. The molecule has 0 saturated carbocycles. The summed E-state index contributed by atoms with van der Waals surface area (Å²) < 4.78 is 12.5. The van der Waals surface area contributed by atoms with Gasteiger partial charge >= 0.3 is 0 Å². The third-order valence-electron chi connectivity index (χ3n) is 5.25. The lowest BCUT2D eigenvalue weighted by atomic mass is 10.1. The maximum absolute atomic E-state index is 13.4. The van der Waals surface area contributed by atoms with Crippen LogP contribution in [-0.2, 0) is 16.0 Å². The van der Waals surface area contributed by atoms with Gasteiger partial charge in [-0.25, -0.2) is 4.98 Å². The van der Waals surface area contributed by atoms with Gasteiger partial charge in [0.25, 0.3) is 0 Å². The van der Waals surface area contributed by atoms with Crippen LogP contribution in [0.1, 0.15) is 39.2 Å². The second-order valence-corrected chi connectivity index (χ2v) is 10.8. The number of amides is 1. The van der Waals surface area contributed by atoms with E-state index in [0.29, 0.717) is 24.8 Å². The summed E-state index contributed by atoms with van der Waals surface area (Å²) in [4.78, 5) is 21.2. The molecular weight excluding hydrogens is 440 g/mol. The van der Waals surface area contributed by atoms with Crippen molar-refractivity contribution in [2.75, 3.05) is 24.7 Å². The monoisotopic (exact) mass is 470 g/mol. The molecule has 0 radical (unpaired) electrons. The molecule has 0 spiro atoms. The SMILES string of the molecule is CCOc1ccc2nc(N(CC3CCCO3)C(=O)Cc3ccc(SC(C)C)cc3)sc2c1. The molecule has 1 atom stereocenters. The van der Waals surface area contributed by atoms with Crippen LogP contribution in [0.4, 0.5) is 5.13 Å². The number of fused-ring (bicyclic) bond motifs is 1. The summed E-state index contributed by atoms with van der Waals surface area (Å²) in [5, 5.41) is 1.26. The fourth-order valence-electron chi connectivity index (χ4n) is 3.77. The number of carbonyl (C=O) groups is 1. The average molecular weight is 471 g/mol. The van der Waals surface area contributed by atoms with Crippen LogP contribution >= 0.6 is 23.1 Å². The smallest absolute Gasteiger partial charge is 0.233 e. The highest BCUT2D eigenvalue weighted by molar-refractivity contribution is 7.99.